The standard InChI is InChI=1S/C6HCl6N/c7-2-1-13-5(9)4(8)3(2)6(10,11)12/h1H. The number of alkyl halides is 3. The zero-order chi connectivity index (χ0) is 10.2. The first kappa shape index (κ1) is 12.0. The zero-order valence-electron chi connectivity index (χ0n) is 5.79. The molecule has 0 aliphatic heterocycles. The van der Waals surface area contributed by atoms with Gasteiger partial charge < -0.3 is 0 Å². The van der Waals surface area contributed by atoms with Crippen LogP contribution < -0.4 is 0 Å². The van der Waals surface area contributed by atoms with Gasteiger partial charge in [-0.05, 0) is 0 Å². The molecular weight excluding hydrogens is 299 g/mol. The van der Waals surface area contributed by atoms with E-state index in [0.29, 0.717) is 0 Å². The molecule has 0 amide bonds. The number of pyridine rings is 1. The highest BCUT2D eigenvalue weighted by atomic mass is 35.6. The molecule has 0 saturated heterocycles. The third-order valence-corrected chi connectivity index (χ3v) is 2.82. The average molecular weight is 300 g/mol. The van der Waals surface area contributed by atoms with E-state index in [0.717, 1.165) is 0 Å². The van der Waals surface area contributed by atoms with Crippen LogP contribution in [0.4, 0.5) is 0 Å². The van der Waals surface area contributed by atoms with Crippen molar-refractivity contribution in [1.82, 2.24) is 4.98 Å². The van der Waals surface area contributed by atoms with Gasteiger partial charge in [-0.2, -0.15) is 0 Å². The number of halogens is 6. The molecule has 0 spiro atoms. The van der Waals surface area contributed by atoms with Crippen LogP contribution in [0.1, 0.15) is 5.56 Å². The number of rotatable bonds is 0. The third-order valence-electron chi connectivity index (χ3n) is 1.21. The van der Waals surface area contributed by atoms with Crippen LogP contribution in [-0.2, 0) is 3.79 Å². The van der Waals surface area contributed by atoms with E-state index in [-0.39, 0.29) is 20.8 Å². The fourth-order valence-corrected chi connectivity index (χ4v) is 2.35. The molecule has 0 saturated carbocycles. The molecule has 0 aliphatic carbocycles. The predicted molar refractivity (Wildman–Crippen MR) is 58.5 cm³/mol. The van der Waals surface area contributed by atoms with Crippen LogP contribution in [0, 0.1) is 0 Å². The highest BCUT2D eigenvalue weighted by Gasteiger charge is 2.30. The number of hydrogen-bond acceptors (Lipinski definition) is 1. The maximum absolute atomic E-state index is 5.75. The van der Waals surface area contributed by atoms with Crippen molar-refractivity contribution in [2.24, 2.45) is 0 Å². The van der Waals surface area contributed by atoms with Crippen molar-refractivity contribution in [1.29, 1.82) is 0 Å². The van der Waals surface area contributed by atoms with Crippen LogP contribution in [0.3, 0.4) is 0 Å². The molecule has 0 aliphatic rings. The molecule has 0 radical (unpaired) electrons. The molecule has 0 unspecified atom stereocenters. The van der Waals surface area contributed by atoms with E-state index in [1.54, 1.807) is 0 Å². The van der Waals surface area contributed by atoms with Crippen molar-refractivity contribution < 1.29 is 0 Å². The van der Waals surface area contributed by atoms with Gasteiger partial charge in [-0.25, -0.2) is 4.98 Å². The first-order valence-electron chi connectivity index (χ1n) is 2.90. The second-order valence-corrected chi connectivity index (χ2v) is 5.51. The van der Waals surface area contributed by atoms with E-state index in [9.17, 15) is 0 Å². The summed E-state index contributed by atoms with van der Waals surface area (Å²) in [6.07, 6.45) is 1.27. The summed E-state index contributed by atoms with van der Waals surface area (Å²) in [7, 11) is 0. The minimum atomic E-state index is -1.71. The van der Waals surface area contributed by atoms with E-state index in [2.05, 4.69) is 4.98 Å². The minimum absolute atomic E-state index is 0.0485. The molecule has 0 fully saturated rings. The molecule has 13 heavy (non-hydrogen) atoms. The summed E-state index contributed by atoms with van der Waals surface area (Å²) in [6.45, 7) is 0. The molecular formula is C6HCl6N. The molecule has 0 atom stereocenters. The zero-order valence-corrected chi connectivity index (χ0v) is 10.3. The van der Waals surface area contributed by atoms with Crippen LogP contribution in [0.5, 0.6) is 0 Å². The molecule has 1 aromatic rings. The second kappa shape index (κ2) is 4.18. The van der Waals surface area contributed by atoms with Gasteiger partial charge in [0, 0.05) is 11.8 Å². The quantitative estimate of drug-likeness (QED) is 0.492. The summed E-state index contributed by atoms with van der Waals surface area (Å²) in [5.74, 6) is 0. The highest BCUT2D eigenvalue weighted by molar-refractivity contribution is 6.68. The topological polar surface area (TPSA) is 12.9 Å². The number of aromatic nitrogens is 1. The first-order chi connectivity index (χ1) is 5.84. The summed E-state index contributed by atoms with van der Waals surface area (Å²) in [6, 6.07) is 0. The van der Waals surface area contributed by atoms with Crippen LogP contribution >= 0.6 is 69.6 Å². The van der Waals surface area contributed by atoms with Crippen molar-refractivity contribution in [3.8, 4) is 0 Å². The summed E-state index contributed by atoms with van der Waals surface area (Å²) in [5.41, 5.74) is 0.140. The maximum atomic E-state index is 5.75. The van der Waals surface area contributed by atoms with Gasteiger partial charge >= 0.3 is 0 Å². The van der Waals surface area contributed by atoms with E-state index in [4.69, 9.17) is 69.6 Å². The summed E-state index contributed by atoms with van der Waals surface area (Å²) in [4.78, 5) is 3.68. The fourth-order valence-electron chi connectivity index (χ4n) is 0.702. The lowest BCUT2D eigenvalue weighted by molar-refractivity contribution is 1.19. The van der Waals surface area contributed by atoms with Crippen LogP contribution in [0.15, 0.2) is 6.20 Å². The average Bonchev–Trinajstić information content (AvgIpc) is 1.95. The SMILES string of the molecule is Clc1cnc(Cl)c(Cl)c1C(Cl)(Cl)Cl. The lowest BCUT2D eigenvalue weighted by Crippen LogP contribution is -2.03. The lowest BCUT2D eigenvalue weighted by Gasteiger charge is -2.14. The van der Waals surface area contributed by atoms with Crippen molar-refractivity contribution in [2.75, 3.05) is 0 Å². The molecule has 1 nitrogen and oxygen atoms in total. The van der Waals surface area contributed by atoms with Gasteiger partial charge in [0.1, 0.15) is 5.15 Å². The second-order valence-electron chi connectivity index (χ2n) is 2.08. The lowest BCUT2D eigenvalue weighted by atomic mass is 10.3. The minimum Gasteiger partial charge on any atom is -0.241 e. The normalized spacial score (nSPS) is 11.8. The Balaban J connectivity index is 3.43. The van der Waals surface area contributed by atoms with E-state index in [1.165, 1.54) is 6.20 Å². The molecule has 72 valence electrons. The summed E-state index contributed by atoms with van der Waals surface area (Å²) < 4.78 is -1.71. The third kappa shape index (κ3) is 2.68. The van der Waals surface area contributed by atoms with E-state index >= 15 is 0 Å². The Morgan fingerprint density at radius 2 is 1.62 bits per heavy atom. The first-order valence-corrected chi connectivity index (χ1v) is 5.17. The van der Waals surface area contributed by atoms with Gasteiger partial charge in [0.15, 0.2) is 0 Å². The Kier molecular flexibility index (Phi) is 3.84. The van der Waals surface area contributed by atoms with E-state index < -0.39 is 3.79 Å². The van der Waals surface area contributed by atoms with E-state index in [1.807, 2.05) is 0 Å². The van der Waals surface area contributed by atoms with Crippen LogP contribution in [0.2, 0.25) is 15.2 Å². The van der Waals surface area contributed by atoms with Gasteiger partial charge in [-0.1, -0.05) is 69.6 Å². The van der Waals surface area contributed by atoms with Crippen molar-refractivity contribution >= 4 is 69.6 Å². The van der Waals surface area contributed by atoms with Crippen LogP contribution in [0.25, 0.3) is 0 Å². The largest absolute Gasteiger partial charge is 0.241 e. The van der Waals surface area contributed by atoms with Crippen molar-refractivity contribution in [3.05, 3.63) is 27.0 Å². The Labute approximate surface area is 105 Å². The Bertz CT molecular complexity index is 331. The molecule has 7 heteroatoms. The van der Waals surface area contributed by atoms with Gasteiger partial charge in [-0.15, -0.1) is 0 Å². The monoisotopic (exact) mass is 297 g/mol. The van der Waals surface area contributed by atoms with Crippen molar-refractivity contribution in [2.45, 2.75) is 3.79 Å². The number of nitrogens with zero attached hydrogens (tertiary/aromatic N) is 1. The smallest absolute Gasteiger partial charge is 0.219 e. The number of hydrogen-bond donors (Lipinski definition) is 0. The molecule has 0 bridgehead atoms. The van der Waals surface area contributed by atoms with Gasteiger partial charge in [0.2, 0.25) is 3.79 Å². The van der Waals surface area contributed by atoms with Crippen LogP contribution in [-0.4, -0.2) is 4.98 Å². The summed E-state index contributed by atoms with van der Waals surface area (Å²) >= 11 is 33.9. The Morgan fingerprint density at radius 1 is 1.08 bits per heavy atom. The molecule has 0 N–H and O–H groups in total. The van der Waals surface area contributed by atoms with Gasteiger partial charge in [0.05, 0.1) is 10.0 Å². The highest BCUT2D eigenvalue weighted by Crippen LogP contribution is 2.46. The maximum Gasteiger partial charge on any atom is 0.219 e. The predicted octanol–water partition coefficient (Wildman–Crippen LogP) is 4.87. The van der Waals surface area contributed by atoms with Crippen molar-refractivity contribution in [3.63, 3.8) is 0 Å². The summed E-state index contributed by atoms with van der Waals surface area (Å²) in [5, 5.41) is 0.260. The molecule has 1 heterocycles. The van der Waals surface area contributed by atoms with Gasteiger partial charge in [0.25, 0.3) is 0 Å². The molecule has 0 aromatic carbocycles. The Hall–Kier alpha value is 0.890. The van der Waals surface area contributed by atoms with Gasteiger partial charge in [-0.3, -0.25) is 0 Å². The fraction of sp³-hybridized carbons (Fsp3) is 0.167. The Morgan fingerprint density at radius 3 is 2.00 bits per heavy atom. The molecule has 1 rings (SSSR count). The molecule has 1 aromatic heterocycles.